The Hall–Kier alpha value is -2.13. The molecule has 132 valence electrons. The van der Waals surface area contributed by atoms with E-state index in [2.05, 4.69) is 86.5 Å². The van der Waals surface area contributed by atoms with Gasteiger partial charge in [0.2, 0.25) is 0 Å². The summed E-state index contributed by atoms with van der Waals surface area (Å²) in [6.45, 7) is 4.48. The molecule has 0 amide bonds. The van der Waals surface area contributed by atoms with E-state index in [1.807, 2.05) is 0 Å². The molecule has 0 saturated carbocycles. The van der Waals surface area contributed by atoms with E-state index in [1.54, 1.807) is 0 Å². The number of hydrogen-bond donors (Lipinski definition) is 1. The van der Waals surface area contributed by atoms with Crippen LogP contribution in [0.4, 0.5) is 0 Å². The van der Waals surface area contributed by atoms with Crippen molar-refractivity contribution < 1.29 is 9.90 Å². The van der Waals surface area contributed by atoms with Crippen molar-refractivity contribution in [2.24, 2.45) is 0 Å². The van der Waals surface area contributed by atoms with E-state index in [0.29, 0.717) is 6.42 Å². The zero-order valence-electron chi connectivity index (χ0n) is 15.3. The fraction of sp³-hybridized carbons (Fsp3) is 0.409. The largest absolute Gasteiger partial charge is 0.481 e. The van der Waals surface area contributed by atoms with Gasteiger partial charge in [-0.05, 0) is 44.9 Å². The molecule has 3 nitrogen and oxygen atoms in total. The monoisotopic (exact) mass is 337 g/mol. The van der Waals surface area contributed by atoms with Crippen molar-refractivity contribution in [3.63, 3.8) is 0 Å². The number of carboxylic acid groups (broad SMARTS) is 1. The first-order chi connectivity index (χ1) is 11.9. The quantitative estimate of drug-likeness (QED) is 0.883. The highest BCUT2D eigenvalue weighted by Crippen LogP contribution is 2.52. The summed E-state index contributed by atoms with van der Waals surface area (Å²) in [5.74, 6) is -0.723. The molecule has 1 heterocycles. The molecule has 0 spiro atoms. The Bertz CT molecular complexity index is 689. The lowest BCUT2D eigenvalue weighted by Crippen LogP contribution is -2.43. The van der Waals surface area contributed by atoms with E-state index in [1.165, 1.54) is 11.1 Å². The second-order valence-electron chi connectivity index (χ2n) is 7.56. The number of rotatable bonds is 5. The Balaban J connectivity index is 2.11. The third-order valence-corrected chi connectivity index (χ3v) is 6.26. The van der Waals surface area contributed by atoms with Gasteiger partial charge >= 0.3 is 5.97 Å². The molecule has 0 bridgehead atoms. The summed E-state index contributed by atoms with van der Waals surface area (Å²) in [6.07, 6.45) is 1.77. The SMILES string of the molecule is CC1N(C)C(C)(CCC(=O)O)CC1(c1ccccc1)c1ccccc1. The summed E-state index contributed by atoms with van der Waals surface area (Å²) >= 11 is 0. The highest BCUT2D eigenvalue weighted by Gasteiger charge is 2.55. The number of benzene rings is 2. The first kappa shape index (κ1) is 17.7. The smallest absolute Gasteiger partial charge is 0.303 e. The molecule has 2 atom stereocenters. The number of carboxylic acids is 1. The van der Waals surface area contributed by atoms with Crippen LogP contribution in [0, 0.1) is 0 Å². The highest BCUT2D eigenvalue weighted by atomic mass is 16.4. The first-order valence-electron chi connectivity index (χ1n) is 8.96. The van der Waals surface area contributed by atoms with Gasteiger partial charge in [0.15, 0.2) is 0 Å². The Morgan fingerprint density at radius 2 is 1.56 bits per heavy atom. The first-order valence-corrected chi connectivity index (χ1v) is 8.96. The van der Waals surface area contributed by atoms with Crippen LogP contribution in [0.15, 0.2) is 60.7 Å². The Kier molecular flexibility index (Phi) is 4.70. The molecule has 2 unspecified atom stereocenters. The van der Waals surface area contributed by atoms with E-state index in [-0.39, 0.29) is 23.4 Å². The topological polar surface area (TPSA) is 40.5 Å². The van der Waals surface area contributed by atoms with Crippen molar-refractivity contribution >= 4 is 5.97 Å². The molecule has 2 aromatic rings. The second kappa shape index (κ2) is 6.64. The van der Waals surface area contributed by atoms with Crippen molar-refractivity contribution in [2.45, 2.75) is 50.1 Å². The second-order valence-corrected chi connectivity index (χ2v) is 7.56. The van der Waals surface area contributed by atoms with E-state index in [4.69, 9.17) is 0 Å². The van der Waals surface area contributed by atoms with Gasteiger partial charge in [0, 0.05) is 23.4 Å². The number of likely N-dealkylation sites (N-methyl/N-ethyl adjacent to an activating group) is 1. The van der Waals surface area contributed by atoms with Gasteiger partial charge in [0.25, 0.3) is 0 Å². The predicted molar refractivity (Wildman–Crippen MR) is 101 cm³/mol. The molecule has 25 heavy (non-hydrogen) atoms. The molecule has 1 N–H and O–H groups in total. The molecule has 1 aliphatic rings. The molecule has 3 rings (SSSR count). The summed E-state index contributed by atoms with van der Waals surface area (Å²) < 4.78 is 0. The number of hydrogen-bond acceptors (Lipinski definition) is 2. The standard InChI is InChI=1S/C22H27NO2/c1-17-22(18-10-6-4-7-11-18,19-12-8-5-9-13-19)16-21(2,23(17)3)15-14-20(24)25/h4-13,17H,14-16H2,1-3H3,(H,24,25). The predicted octanol–water partition coefficient (Wildman–Crippen LogP) is 4.32. The maximum Gasteiger partial charge on any atom is 0.303 e. The van der Waals surface area contributed by atoms with Crippen LogP contribution in [0.1, 0.15) is 44.2 Å². The maximum atomic E-state index is 11.2. The van der Waals surface area contributed by atoms with Crippen LogP contribution in [0.5, 0.6) is 0 Å². The third-order valence-electron chi connectivity index (χ3n) is 6.26. The highest BCUT2D eigenvalue weighted by molar-refractivity contribution is 5.66. The van der Waals surface area contributed by atoms with Crippen LogP contribution in [-0.4, -0.2) is 34.6 Å². The summed E-state index contributed by atoms with van der Waals surface area (Å²) in [4.78, 5) is 13.6. The molecule has 0 radical (unpaired) electrons. The molecular weight excluding hydrogens is 310 g/mol. The van der Waals surface area contributed by atoms with Crippen molar-refractivity contribution in [3.05, 3.63) is 71.8 Å². The van der Waals surface area contributed by atoms with Gasteiger partial charge in [0.1, 0.15) is 0 Å². The molecule has 0 aliphatic carbocycles. The zero-order valence-corrected chi connectivity index (χ0v) is 15.3. The van der Waals surface area contributed by atoms with Crippen LogP contribution in [0.25, 0.3) is 0 Å². The summed E-state index contributed by atoms with van der Waals surface area (Å²) in [6, 6.07) is 21.6. The Morgan fingerprint density at radius 1 is 1.08 bits per heavy atom. The van der Waals surface area contributed by atoms with E-state index >= 15 is 0 Å². The number of aliphatic carboxylic acids is 1. The minimum absolute atomic E-state index is 0.134. The molecule has 1 saturated heterocycles. The Labute approximate surface area is 150 Å². The van der Waals surface area contributed by atoms with E-state index in [0.717, 1.165) is 6.42 Å². The maximum absolute atomic E-state index is 11.2. The Morgan fingerprint density at radius 3 is 2.00 bits per heavy atom. The summed E-state index contributed by atoms with van der Waals surface area (Å²) in [7, 11) is 2.14. The van der Waals surface area contributed by atoms with Crippen LogP contribution >= 0.6 is 0 Å². The average molecular weight is 337 g/mol. The normalized spacial score (nSPS) is 25.8. The molecule has 2 aromatic carbocycles. The molecule has 1 aliphatic heterocycles. The van der Waals surface area contributed by atoms with Crippen molar-refractivity contribution in [1.82, 2.24) is 4.90 Å². The lowest BCUT2D eigenvalue weighted by Gasteiger charge is -2.36. The lowest BCUT2D eigenvalue weighted by atomic mass is 9.67. The van der Waals surface area contributed by atoms with Gasteiger partial charge in [-0.3, -0.25) is 9.69 Å². The molecule has 3 heteroatoms. The minimum Gasteiger partial charge on any atom is -0.481 e. The fourth-order valence-corrected chi connectivity index (χ4v) is 4.64. The van der Waals surface area contributed by atoms with Crippen LogP contribution in [0.2, 0.25) is 0 Å². The zero-order chi connectivity index (χ0) is 18.1. The van der Waals surface area contributed by atoms with Gasteiger partial charge in [-0.25, -0.2) is 0 Å². The number of carbonyl (C=O) groups is 1. The van der Waals surface area contributed by atoms with Gasteiger partial charge in [0.05, 0.1) is 0 Å². The van der Waals surface area contributed by atoms with Crippen molar-refractivity contribution in [1.29, 1.82) is 0 Å². The molecule has 1 fully saturated rings. The van der Waals surface area contributed by atoms with E-state index in [9.17, 15) is 9.90 Å². The van der Waals surface area contributed by atoms with Crippen molar-refractivity contribution in [3.8, 4) is 0 Å². The van der Waals surface area contributed by atoms with Gasteiger partial charge in [-0.15, -0.1) is 0 Å². The minimum atomic E-state index is -0.723. The van der Waals surface area contributed by atoms with Crippen molar-refractivity contribution in [2.75, 3.05) is 7.05 Å². The van der Waals surface area contributed by atoms with Crippen LogP contribution < -0.4 is 0 Å². The van der Waals surface area contributed by atoms with Crippen LogP contribution in [0.3, 0.4) is 0 Å². The summed E-state index contributed by atoms with van der Waals surface area (Å²) in [5.41, 5.74) is 2.33. The third kappa shape index (κ3) is 2.98. The summed E-state index contributed by atoms with van der Waals surface area (Å²) in [5, 5.41) is 9.19. The average Bonchev–Trinajstić information content (AvgIpc) is 2.84. The van der Waals surface area contributed by atoms with Gasteiger partial charge in [-0.2, -0.15) is 0 Å². The molecular formula is C22H27NO2. The van der Waals surface area contributed by atoms with Crippen LogP contribution in [-0.2, 0) is 10.2 Å². The fourth-order valence-electron chi connectivity index (χ4n) is 4.64. The van der Waals surface area contributed by atoms with E-state index < -0.39 is 5.97 Å². The molecule has 0 aromatic heterocycles. The lowest BCUT2D eigenvalue weighted by molar-refractivity contribution is -0.137. The van der Waals surface area contributed by atoms with Gasteiger partial charge < -0.3 is 5.11 Å². The number of nitrogens with zero attached hydrogens (tertiary/aromatic N) is 1. The number of likely N-dealkylation sites (tertiary alicyclic amines) is 1. The van der Waals surface area contributed by atoms with Gasteiger partial charge in [-0.1, -0.05) is 60.7 Å².